The number of nitrogens with two attached hydrogens (primary N) is 1. The maximum absolute atomic E-state index is 12.4. The predicted octanol–water partition coefficient (Wildman–Crippen LogP) is 3.92. The van der Waals surface area contributed by atoms with Crippen LogP contribution in [0.3, 0.4) is 0 Å². The standard InChI is InChI=1S/C22H22N2O5S/c1-2-28-22(27)19-20(26)18(30-21(19)24-15-6-4-3-5-7-15)13-14-8-9-17(16(25)12-14)29-11-10-23/h3-9,12-13,25-26H,2,10-11,23H2,1H3/b18-13-,24-21?. The first-order valence-electron chi connectivity index (χ1n) is 9.33. The highest BCUT2D eigenvalue weighted by atomic mass is 32.2. The number of phenols is 1. The lowest BCUT2D eigenvalue weighted by molar-refractivity contribution is -0.138. The minimum absolute atomic E-state index is 0.0177. The van der Waals surface area contributed by atoms with Crippen molar-refractivity contribution in [2.24, 2.45) is 10.7 Å². The normalized spacial score (nSPS) is 16.3. The van der Waals surface area contributed by atoms with Crippen molar-refractivity contribution in [1.82, 2.24) is 0 Å². The number of carbonyl (C=O) groups is 1. The van der Waals surface area contributed by atoms with Crippen LogP contribution in [0.5, 0.6) is 11.5 Å². The number of carbonyl (C=O) groups excluding carboxylic acids is 1. The highest BCUT2D eigenvalue weighted by Crippen LogP contribution is 2.40. The molecule has 0 amide bonds. The van der Waals surface area contributed by atoms with Gasteiger partial charge in [0.25, 0.3) is 0 Å². The molecule has 1 aliphatic rings. The fourth-order valence-electron chi connectivity index (χ4n) is 2.68. The Hall–Kier alpha value is -3.23. The van der Waals surface area contributed by atoms with Gasteiger partial charge in [-0.25, -0.2) is 9.79 Å². The molecule has 7 nitrogen and oxygen atoms in total. The fourth-order valence-corrected chi connectivity index (χ4v) is 3.71. The third-order valence-corrected chi connectivity index (χ3v) is 5.03. The van der Waals surface area contributed by atoms with Gasteiger partial charge in [0.2, 0.25) is 0 Å². The molecule has 30 heavy (non-hydrogen) atoms. The summed E-state index contributed by atoms with van der Waals surface area (Å²) in [5, 5.41) is 21.2. The van der Waals surface area contributed by atoms with Crippen molar-refractivity contribution in [2.75, 3.05) is 19.8 Å². The lowest BCUT2D eigenvalue weighted by Crippen LogP contribution is -2.12. The molecule has 0 atom stereocenters. The summed E-state index contributed by atoms with van der Waals surface area (Å²) >= 11 is 1.15. The lowest BCUT2D eigenvalue weighted by atomic mass is 10.1. The number of aliphatic imine (C=N–C) groups is 1. The highest BCUT2D eigenvalue weighted by molar-refractivity contribution is 8.18. The Morgan fingerprint density at radius 1 is 1.20 bits per heavy atom. The molecule has 0 bridgehead atoms. The van der Waals surface area contributed by atoms with Crippen molar-refractivity contribution in [2.45, 2.75) is 6.92 Å². The fraction of sp³-hybridized carbons (Fsp3) is 0.182. The summed E-state index contributed by atoms with van der Waals surface area (Å²) in [5.41, 5.74) is 6.69. The van der Waals surface area contributed by atoms with E-state index >= 15 is 0 Å². The molecule has 1 aliphatic heterocycles. The SMILES string of the molecule is CCOC(=O)C1=C(O)/C(=C/c2ccc(OCCN)c(O)c2)SC1=Nc1ccccc1. The number of hydrogen-bond acceptors (Lipinski definition) is 8. The van der Waals surface area contributed by atoms with Gasteiger partial charge in [0.15, 0.2) is 11.5 Å². The van der Waals surface area contributed by atoms with Crippen LogP contribution in [-0.4, -0.2) is 41.0 Å². The zero-order valence-corrected chi connectivity index (χ0v) is 17.2. The summed E-state index contributed by atoms with van der Waals surface area (Å²) in [6.07, 6.45) is 1.65. The first-order valence-corrected chi connectivity index (χ1v) is 10.2. The van der Waals surface area contributed by atoms with Crippen molar-refractivity contribution in [3.63, 3.8) is 0 Å². The molecule has 0 saturated heterocycles. The number of hydrogen-bond donors (Lipinski definition) is 3. The first-order chi connectivity index (χ1) is 14.5. The molecule has 0 aliphatic carbocycles. The van der Waals surface area contributed by atoms with Crippen LogP contribution in [0.25, 0.3) is 6.08 Å². The minimum atomic E-state index is -0.644. The number of rotatable bonds is 7. The summed E-state index contributed by atoms with van der Waals surface area (Å²) in [6, 6.07) is 14.0. The average Bonchev–Trinajstić information content (AvgIpc) is 3.03. The number of ether oxygens (including phenoxy) is 2. The van der Waals surface area contributed by atoms with Crippen LogP contribution in [0, 0.1) is 0 Å². The molecular formula is C22H22N2O5S. The van der Waals surface area contributed by atoms with Crippen LogP contribution in [0.2, 0.25) is 0 Å². The largest absolute Gasteiger partial charge is 0.506 e. The van der Waals surface area contributed by atoms with Crippen LogP contribution in [-0.2, 0) is 9.53 Å². The predicted molar refractivity (Wildman–Crippen MR) is 118 cm³/mol. The average molecular weight is 426 g/mol. The number of phenolic OH excluding ortho intramolecular Hbond substituents is 1. The van der Waals surface area contributed by atoms with Gasteiger partial charge in [-0.2, -0.15) is 0 Å². The molecule has 1 heterocycles. The summed E-state index contributed by atoms with van der Waals surface area (Å²) in [6.45, 7) is 2.49. The highest BCUT2D eigenvalue weighted by Gasteiger charge is 2.33. The topological polar surface area (TPSA) is 114 Å². The van der Waals surface area contributed by atoms with Crippen molar-refractivity contribution >= 4 is 34.5 Å². The van der Waals surface area contributed by atoms with Gasteiger partial charge in [-0.3, -0.25) is 0 Å². The number of thioether (sulfide) groups is 1. The Labute approximate surface area is 178 Å². The van der Waals surface area contributed by atoms with E-state index in [2.05, 4.69) is 4.99 Å². The molecule has 8 heteroatoms. The van der Waals surface area contributed by atoms with Gasteiger partial charge < -0.3 is 25.4 Å². The van der Waals surface area contributed by atoms with Crippen molar-refractivity contribution in [3.8, 4) is 11.5 Å². The second-order valence-corrected chi connectivity index (χ2v) is 7.20. The molecular weight excluding hydrogens is 404 g/mol. The quantitative estimate of drug-likeness (QED) is 0.575. The molecule has 3 rings (SSSR count). The first kappa shape index (κ1) is 21.5. The number of benzene rings is 2. The van der Waals surface area contributed by atoms with E-state index in [-0.39, 0.29) is 30.3 Å². The third kappa shape index (κ3) is 5.03. The van der Waals surface area contributed by atoms with E-state index in [9.17, 15) is 15.0 Å². The van der Waals surface area contributed by atoms with Crippen LogP contribution in [0.1, 0.15) is 12.5 Å². The van der Waals surface area contributed by atoms with Gasteiger partial charge in [0, 0.05) is 6.54 Å². The van der Waals surface area contributed by atoms with Gasteiger partial charge in [-0.1, -0.05) is 36.0 Å². The Morgan fingerprint density at radius 3 is 2.63 bits per heavy atom. The number of nitrogens with zero attached hydrogens (tertiary/aromatic N) is 1. The number of esters is 1. The zero-order valence-electron chi connectivity index (χ0n) is 16.4. The lowest BCUT2D eigenvalue weighted by Gasteiger charge is -2.07. The van der Waals surface area contributed by atoms with E-state index in [4.69, 9.17) is 15.2 Å². The Bertz CT molecular complexity index is 1020. The molecule has 0 unspecified atom stereocenters. The van der Waals surface area contributed by atoms with E-state index in [1.54, 1.807) is 37.3 Å². The van der Waals surface area contributed by atoms with Crippen LogP contribution in [0.4, 0.5) is 5.69 Å². The van der Waals surface area contributed by atoms with Gasteiger partial charge in [-0.05, 0) is 42.8 Å². The van der Waals surface area contributed by atoms with Crippen LogP contribution < -0.4 is 10.5 Å². The Morgan fingerprint density at radius 2 is 1.97 bits per heavy atom. The van der Waals surface area contributed by atoms with Crippen LogP contribution in [0.15, 0.2) is 69.8 Å². The van der Waals surface area contributed by atoms with Gasteiger partial charge in [0.1, 0.15) is 23.0 Å². The monoisotopic (exact) mass is 426 g/mol. The maximum atomic E-state index is 12.4. The molecule has 156 valence electrons. The summed E-state index contributed by atoms with van der Waals surface area (Å²) in [4.78, 5) is 17.3. The van der Waals surface area contributed by atoms with Gasteiger partial charge in [-0.15, -0.1) is 0 Å². The third-order valence-electron chi connectivity index (χ3n) is 4.01. The number of aliphatic hydroxyl groups is 1. The zero-order chi connectivity index (χ0) is 21.5. The molecule has 0 aromatic heterocycles. The van der Waals surface area contributed by atoms with Gasteiger partial charge in [0.05, 0.1) is 17.2 Å². The second kappa shape index (κ2) is 10.00. The smallest absolute Gasteiger partial charge is 0.344 e. The summed E-state index contributed by atoms with van der Waals surface area (Å²) < 4.78 is 10.4. The number of aliphatic hydroxyl groups excluding tert-OH is 1. The van der Waals surface area contributed by atoms with E-state index in [0.29, 0.717) is 33.5 Å². The Kier molecular flexibility index (Phi) is 7.16. The van der Waals surface area contributed by atoms with Crippen LogP contribution >= 0.6 is 11.8 Å². The molecule has 4 N–H and O–H groups in total. The minimum Gasteiger partial charge on any atom is -0.506 e. The summed E-state index contributed by atoms with van der Waals surface area (Å²) in [5.74, 6) is -0.585. The second-order valence-electron chi connectivity index (χ2n) is 6.17. The van der Waals surface area contributed by atoms with Crippen molar-refractivity contribution in [3.05, 3.63) is 70.3 Å². The van der Waals surface area contributed by atoms with E-state index in [0.717, 1.165) is 11.8 Å². The van der Waals surface area contributed by atoms with Crippen molar-refractivity contribution in [1.29, 1.82) is 0 Å². The molecule has 0 radical (unpaired) electrons. The molecule has 0 saturated carbocycles. The molecule has 2 aromatic rings. The van der Waals surface area contributed by atoms with E-state index < -0.39 is 5.97 Å². The number of aromatic hydroxyl groups is 1. The summed E-state index contributed by atoms with van der Waals surface area (Å²) in [7, 11) is 0. The molecule has 0 fully saturated rings. The maximum Gasteiger partial charge on any atom is 0.344 e. The Balaban J connectivity index is 1.96. The van der Waals surface area contributed by atoms with Gasteiger partial charge >= 0.3 is 5.97 Å². The van der Waals surface area contributed by atoms with E-state index in [1.165, 1.54) is 6.07 Å². The molecule has 2 aromatic carbocycles. The number of para-hydroxylation sites is 1. The van der Waals surface area contributed by atoms with Crippen molar-refractivity contribution < 1.29 is 24.5 Å². The van der Waals surface area contributed by atoms with E-state index in [1.807, 2.05) is 18.2 Å². The molecule has 0 spiro atoms.